The summed E-state index contributed by atoms with van der Waals surface area (Å²) in [4.78, 5) is 17.9. The monoisotopic (exact) mass is 342 g/mol. The van der Waals surface area contributed by atoms with E-state index in [0.717, 1.165) is 18.3 Å². The van der Waals surface area contributed by atoms with E-state index in [1.165, 1.54) is 24.2 Å². The van der Waals surface area contributed by atoms with Crippen molar-refractivity contribution in [2.75, 3.05) is 31.7 Å². The summed E-state index contributed by atoms with van der Waals surface area (Å²) in [6, 6.07) is 6.76. The lowest BCUT2D eigenvalue weighted by Gasteiger charge is -2.25. The molecule has 6 heteroatoms. The van der Waals surface area contributed by atoms with Gasteiger partial charge in [0, 0.05) is 43.7 Å². The molecule has 5 nitrogen and oxygen atoms in total. The van der Waals surface area contributed by atoms with Gasteiger partial charge in [-0.2, -0.15) is 0 Å². The Morgan fingerprint density at radius 3 is 2.64 bits per heavy atom. The van der Waals surface area contributed by atoms with Crippen molar-refractivity contribution in [3.63, 3.8) is 0 Å². The molecule has 0 unspecified atom stereocenters. The molecule has 1 aromatic carbocycles. The number of nitrogens with one attached hydrogen (secondary N) is 1. The van der Waals surface area contributed by atoms with Crippen LogP contribution >= 0.6 is 0 Å². The van der Waals surface area contributed by atoms with Crippen LogP contribution in [0.5, 0.6) is 0 Å². The number of halogens is 1. The largest absolute Gasteiger partial charge is 0.398 e. The number of nitrogens with zero attached hydrogens (tertiary/aromatic N) is 2. The Balaban J connectivity index is 1.83. The molecule has 0 bridgehead atoms. The van der Waals surface area contributed by atoms with Crippen LogP contribution < -0.4 is 11.1 Å². The Morgan fingerprint density at radius 1 is 1.32 bits per heavy atom. The third kappa shape index (κ3) is 3.57. The number of amides is 1. The molecule has 0 radical (unpaired) electrons. The molecule has 1 aliphatic carbocycles. The van der Waals surface area contributed by atoms with Crippen molar-refractivity contribution in [1.82, 2.24) is 9.88 Å². The Kier molecular flexibility index (Phi) is 4.88. The lowest BCUT2D eigenvalue weighted by atomic mass is 9.85. The van der Waals surface area contributed by atoms with Crippen molar-refractivity contribution < 1.29 is 9.18 Å². The van der Waals surface area contributed by atoms with Crippen LogP contribution in [0.3, 0.4) is 0 Å². The minimum Gasteiger partial charge on any atom is -0.398 e. The lowest BCUT2D eigenvalue weighted by Crippen LogP contribution is -2.24. The van der Waals surface area contributed by atoms with Crippen molar-refractivity contribution >= 4 is 17.4 Å². The molecule has 132 valence electrons. The van der Waals surface area contributed by atoms with Crippen LogP contribution in [-0.4, -0.2) is 36.4 Å². The molecular weight excluding hydrogens is 319 g/mol. The maximum atomic E-state index is 14.9. The summed E-state index contributed by atoms with van der Waals surface area (Å²) in [7, 11) is 3.13. The number of pyridine rings is 1. The average molecular weight is 342 g/mol. The second kappa shape index (κ2) is 7.09. The van der Waals surface area contributed by atoms with Gasteiger partial charge >= 0.3 is 0 Å². The van der Waals surface area contributed by atoms with Gasteiger partial charge in [0.25, 0.3) is 5.91 Å². The lowest BCUT2D eigenvalue weighted by molar-refractivity contribution is 0.0824. The van der Waals surface area contributed by atoms with Gasteiger partial charge in [-0.05, 0) is 43.0 Å². The van der Waals surface area contributed by atoms with Gasteiger partial charge in [-0.25, -0.2) is 9.37 Å². The molecule has 2 aromatic rings. The number of carbonyl (C=O) groups is 1. The molecule has 1 aromatic heterocycles. The highest BCUT2D eigenvalue weighted by molar-refractivity contribution is 6.00. The summed E-state index contributed by atoms with van der Waals surface area (Å²) in [6.07, 6.45) is 5.46. The van der Waals surface area contributed by atoms with Crippen molar-refractivity contribution in [3.8, 4) is 11.1 Å². The summed E-state index contributed by atoms with van der Waals surface area (Å²) in [5, 5.41) is 3.31. The highest BCUT2D eigenvalue weighted by atomic mass is 19.1. The third-order valence-electron chi connectivity index (χ3n) is 4.67. The third-order valence-corrected chi connectivity index (χ3v) is 4.67. The highest BCUT2D eigenvalue weighted by Gasteiger charge is 2.21. The number of anilines is 2. The van der Waals surface area contributed by atoms with Crippen molar-refractivity contribution in [1.29, 1.82) is 0 Å². The Labute approximate surface area is 147 Å². The normalized spacial score (nSPS) is 14.0. The van der Waals surface area contributed by atoms with E-state index >= 15 is 0 Å². The van der Waals surface area contributed by atoms with E-state index in [0.29, 0.717) is 11.1 Å². The van der Waals surface area contributed by atoms with Crippen molar-refractivity contribution in [3.05, 3.63) is 41.8 Å². The zero-order chi connectivity index (χ0) is 18.0. The number of nitrogen functional groups attached to an aromatic ring is 1. The maximum absolute atomic E-state index is 14.9. The molecule has 1 heterocycles. The maximum Gasteiger partial charge on any atom is 0.258 e. The van der Waals surface area contributed by atoms with Gasteiger partial charge in [-0.1, -0.05) is 6.42 Å². The van der Waals surface area contributed by atoms with Gasteiger partial charge < -0.3 is 16.0 Å². The van der Waals surface area contributed by atoms with Crippen LogP contribution in [0.2, 0.25) is 0 Å². The molecule has 3 N–H and O–H groups in total. The molecule has 0 atom stereocenters. The Hall–Kier alpha value is -2.63. The van der Waals surface area contributed by atoms with Crippen LogP contribution in [0.1, 0.15) is 29.6 Å². The number of nitrogens with two attached hydrogens (primary N) is 1. The first-order valence-electron chi connectivity index (χ1n) is 8.47. The van der Waals surface area contributed by atoms with E-state index in [9.17, 15) is 9.18 Å². The minimum absolute atomic E-state index is 0.102. The van der Waals surface area contributed by atoms with Gasteiger partial charge in [0.1, 0.15) is 11.6 Å². The fraction of sp³-hybridized carbons (Fsp3) is 0.368. The molecule has 1 fully saturated rings. The molecule has 1 aliphatic rings. The van der Waals surface area contributed by atoms with Crippen LogP contribution in [0.4, 0.5) is 15.9 Å². The highest BCUT2D eigenvalue weighted by Crippen LogP contribution is 2.30. The first kappa shape index (κ1) is 17.2. The fourth-order valence-corrected chi connectivity index (χ4v) is 2.86. The van der Waals surface area contributed by atoms with Crippen LogP contribution in [-0.2, 0) is 0 Å². The summed E-state index contributed by atoms with van der Waals surface area (Å²) in [5.41, 5.74) is 6.76. The van der Waals surface area contributed by atoms with Gasteiger partial charge in [0.05, 0.1) is 5.56 Å². The van der Waals surface area contributed by atoms with Crippen molar-refractivity contribution in [2.24, 2.45) is 5.92 Å². The number of carbonyl (C=O) groups excluding carboxylic acids is 1. The molecule has 3 rings (SSSR count). The van der Waals surface area contributed by atoms with Gasteiger partial charge in [0.2, 0.25) is 0 Å². The van der Waals surface area contributed by atoms with Crippen molar-refractivity contribution in [2.45, 2.75) is 19.3 Å². The summed E-state index contributed by atoms with van der Waals surface area (Å²) in [5.74, 6) is 0.436. The predicted octanol–water partition coefficient (Wildman–Crippen LogP) is 3.38. The number of hydrogen-bond acceptors (Lipinski definition) is 4. The second-order valence-electron chi connectivity index (χ2n) is 6.70. The molecule has 0 spiro atoms. The molecule has 0 aliphatic heterocycles. The SMILES string of the molecule is CN(C)C(=O)c1c(N)ccc(-c2ccc(NCC3CCC3)nc2)c1F. The summed E-state index contributed by atoms with van der Waals surface area (Å²) < 4.78 is 14.9. The van der Waals surface area contributed by atoms with E-state index in [2.05, 4.69) is 10.3 Å². The standard InChI is InChI=1S/C19H23FN4O/c1-24(2)19(25)17-15(21)8-7-14(18(17)20)13-6-9-16(23-11-13)22-10-12-4-3-5-12/h6-9,11-12H,3-5,10,21H2,1-2H3,(H,22,23). The quantitative estimate of drug-likeness (QED) is 0.817. The van der Waals surface area contributed by atoms with Crippen LogP contribution in [0, 0.1) is 11.7 Å². The molecule has 25 heavy (non-hydrogen) atoms. The van der Waals surface area contributed by atoms with Gasteiger partial charge in [-0.3, -0.25) is 4.79 Å². The molecular formula is C19H23FN4O. The van der Waals surface area contributed by atoms with E-state index in [1.807, 2.05) is 6.07 Å². The van der Waals surface area contributed by atoms with E-state index < -0.39 is 11.7 Å². The van der Waals surface area contributed by atoms with E-state index in [-0.39, 0.29) is 11.3 Å². The second-order valence-corrected chi connectivity index (χ2v) is 6.70. The first-order chi connectivity index (χ1) is 12.0. The zero-order valence-corrected chi connectivity index (χ0v) is 14.6. The van der Waals surface area contributed by atoms with E-state index in [1.54, 1.807) is 38.5 Å². The molecule has 0 saturated heterocycles. The number of aromatic nitrogens is 1. The van der Waals surface area contributed by atoms with Gasteiger partial charge in [0.15, 0.2) is 0 Å². The number of benzene rings is 1. The molecule has 1 amide bonds. The minimum atomic E-state index is -0.615. The topological polar surface area (TPSA) is 71.2 Å². The van der Waals surface area contributed by atoms with Crippen LogP contribution in [0.15, 0.2) is 30.5 Å². The number of hydrogen-bond donors (Lipinski definition) is 2. The number of rotatable bonds is 5. The smallest absolute Gasteiger partial charge is 0.258 e. The predicted molar refractivity (Wildman–Crippen MR) is 97.9 cm³/mol. The average Bonchev–Trinajstić information content (AvgIpc) is 2.54. The fourth-order valence-electron chi connectivity index (χ4n) is 2.86. The summed E-state index contributed by atoms with van der Waals surface area (Å²) >= 11 is 0. The first-order valence-corrected chi connectivity index (χ1v) is 8.47. The zero-order valence-electron chi connectivity index (χ0n) is 14.6. The Morgan fingerprint density at radius 2 is 2.08 bits per heavy atom. The van der Waals surface area contributed by atoms with Crippen LogP contribution in [0.25, 0.3) is 11.1 Å². The Bertz CT molecular complexity index is 770. The van der Waals surface area contributed by atoms with E-state index in [4.69, 9.17) is 5.73 Å². The molecule has 1 saturated carbocycles. The summed E-state index contributed by atoms with van der Waals surface area (Å²) in [6.45, 7) is 0.921. The van der Waals surface area contributed by atoms with Gasteiger partial charge in [-0.15, -0.1) is 0 Å².